The summed E-state index contributed by atoms with van der Waals surface area (Å²) in [4.78, 5) is 10.7. The van der Waals surface area contributed by atoms with Gasteiger partial charge < -0.3 is 10.5 Å². The molecule has 2 rings (SSSR count). The van der Waals surface area contributed by atoms with Gasteiger partial charge in [-0.1, -0.05) is 12.1 Å². The molecule has 7 heteroatoms. The van der Waals surface area contributed by atoms with Crippen molar-refractivity contribution >= 4 is 26.7 Å². The summed E-state index contributed by atoms with van der Waals surface area (Å²) in [5.74, 6) is -0.104. The second kappa shape index (κ2) is 5.48. The molecule has 0 saturated heterocycles. The molecular weight excluding hydrogens is 280 g/mol. The molecule has 20 heavy (non-hydrogen) atoms. The number of primary amides is 1. The van der Waals surface area contributed by atoms with Crippen molar-refractivity contribution in [2.24, 2.45) is 5.73 Å². The molecule has 0 aliphatic rings. The molecule has 0 atom stereocenters. The summed E-state index contributed by atoms with van der Waals surface area (Å²) in [6.07, 6.45) is 0. The van der Waals surface area contributed by atoms with E-state index in [-0.39, 0.29) is 4.90 Å². The first-order valence-corrected chi connectivity index (χ1v) is 7.26. The first kappa shape index (κ1) is 14.3. The molecule has 106 valence electrons. The fourth-order valence-corrected chi connectivity index (χ4v) is 2.77. The predicted molar refractivity (Wildman–Crippen MR) is 74.9 cm³/mol. The minimum Gasteiger partial charge on any atom is -0.497 e. The van der Waals surface area contributed by atoms with Crippen LogP contribution in [0.5, 0.6) is 5.75 Å². The zero-order valence-electron chi connectivity index (χ0n) is 10.8. The minimum atomic E-state index is -3.76. The van der Waals surface area contributed by atoms with Crippen LogP contribution in [0.4, 0.5) is 0 Å². The van der Waals surface area contributed by atoms with E-state index in [9.17, 15) is 13.2 Å². The van der Waals surface area contributed by atoms with Crippen LogP contribution in [0.25, 0.3) is 10.8 Å². The fourth-order valence-electron chi connectivity index (χ4n) is 1.75. The van der Waals surface area contributed by atoms with Crippen LogP contribution in [0.1, 0.15) is 0 Å². The maximum absolute atomic E-state index is 12.0. The Morgan fingerprint density at radius 2 is 1.90 bits per heavy atom. The van der Waals surface area contributed by atoms with Gasteiger partial charge in [-0.05, 0) is 35.0 Å². The summed E-state index contributed by atoms with van der Waals surface area (Å²) in [6.45, 7) is -0.432. The van der Waals surface area contributed by atoms with Crippen molar-refractivity contribution in [3.8, 4) is 5.75 Å². The van der Waals surface area contributed by atoms with Gasteiger partial charge in [0, 0.05) is 0 Å². The first-order chi connectivity index (χ1) is 9.42. The lowest BCUT2D eigenvalue weighted by molar-refractivity contribution is -0.116. The van der Waals surface area contributed by atoms with Gasteiger partial charge in [0.25, 0.3) is 0 Å². The van der Waals surface area contributed by atoms with Crippen LogP contribution in [-0.4, -0.2) is 28.0 Å². The van der Waals surface area contributed by atoms with Crippen LogP contribution in [0, 0.1) is 0 Å². The molecule has 0 saturated carbocycles. The molecule has 2 aromatic rings. The molecule has 3 N–H and O–H groups in total. The van der Waals surface area contributed by atoms with E-state index in [0.29, 0.717) is 5.75 Å². The van der Waals surface area contributed by atoms with Gasteiger partial charge >= 0.3 is 0 Å². The van der Waals surface area contributed by atoms with Gasteiger partial charge in [-0.2, -0.15) is 0 Å². The number of sulfonamides is 1. The van der Waals surface area contributed by atoms with Gasteiger partial charge in [-0.25, -0.2) is 13.1 Å². The van der Waals surface area contributed by atoms with E-state index in [4.69, 9.17) is 10.5 Å². The second-order valence-corrected chi connectivity index (χ2v) is 5.93. The van der Waals surface area contributed by atoms with Crippen molar-refractivity contribution in [2.45, 2.75) is 4.90 Å². The number of nitrogens with two attached hydrogens (primary N) is 1. The van der Waals surface area contributed by atoms with Gasteiger partial charge in [0.2, 0.25) is 15.9 Å². The maximum atomic E-state index is 12.0. The number of nitrogens with one attached hydrogen (secondary N) is 1. The molecule has 0 heterocycles. The Kier molecular flexibility index (Phi) is 3.91. The quantitative estimate of drug-likeness (QED) is 0.844. The number of amides is 1. The minimum absolute atomic E-state index is 0.0690. The van der Waals surface area contributed by atoms with E-state index in [1.54, 1.807) is 18.2 Å². The Morgan fingerprint density at radius 1 is 1.20 bits per heavy atom. The second-order valence-electron chi connectivity index (χ2n) is 4.17. The van der Waals surface area contributed by atoms with Crippen LogP contribution in [0.3, 0.4) is 0 Å². The third-order valence-electron chi connectivity index (χ3n) is 2.77. The molecule has 0 spiro atoms. The average Bonchev–Trinajstić information content (AvgIpc) is 2.44. The monoisotopic (exact) mass is 294 g/mol. The molecule has 0 unspecified atom stereocenters. The molecule has 0 bridgehead atoms. The molecule has 6 nitrogen and oxygen atoms in total. The third kappa shape index (κ3) is 3.06. The highest BCUT2D eigenvalue weighted by molar-refractivity contribution is 7.89. The predicted octanol–water partition coefficient (Wildman–Crippen LogP) is 0.612. The lowest BCUT2D eigenvalue weighted by Gasteiger charge is -2.07. The highest BCUT2D eigenvalue weighted by atomic mass is 32.2. The average molecular weight is 294 g/mol. The van der Waals surface area contributed by atoms with Crippen LogP contribution in [0.15, 0.2) is 41.3 Å². The zero-order chi connectivity index (χ0) is 14.8. The summed E-state index contributed by atoms with van der Waals surface area (Å²) >= 11 is 0. The van der Waals surface area contributed by atoms with Crippen molar-refractivity contribution in [1.29, 1.82) is 0 Å². The van der Waals surface area contributed by atoms with Crippen LogP contribution >= 0.6 is 0 Å². The number of carbonyl (C=O) groups is 1. The largest absolute Gasteiger partial charge is 0.497 e. The number of fused-ring (bicyclic) bond motifs is 1. The zero-order valence-corrected chi connectivity index (χ0v) is 11.6. The topological polar surface area (TPSA) is 98.5 Å². The smallest absolute Gasteiger partial charge is 0.241 e. The number of rotatable bonds is 5. The summed E-state index contributed by atoms with van der Waals surface area (Å²) in [5.41, 5.74) is 4.92. The molecule has 1 amide bonds. The Hall–Kier alpha value is -2.12. The van der Waals surface area contributed by atoms with Crippen LogP contribution < -0.4 is 15.2 Å². The number of ether oxygens (including phenoxy) is 1. The van der Waals surface area contributed by atoms with E-state index in [0.717, 1.165) is 10.8 Å². The van der Waals surface area contributed by atoms with Gasteiger partial charge in [0.15, 0.2) is 0 Å². The number of carbonyl (C=O) groups excluding carboxylic acids is 1. The summed E-state index contributed by atoms with van der Waals surface area (Å²) in [6, 6.07) is 10.0. The SMILES string of the molecule is COc1ccc2ccc(S(=O)(=O)NCC(N)=O)cc2c1. The maximum Gasteiger partial charge on any atom is 0.241 e. The van der Waals surface area contributed by atoms with E-state index in [1.807, 2.05) is 6.07 Å². The molecule has 2 aromatic carbocycles. The van der Waals surface area contributed by atoms with Gasteiger partial charge in [0.05, 0.1) is 18.6 Å². The standard InChI is InChI=1S/C13H14N2O4S/c1-19-11-4-2-9-3-5-12(7-10(9)6-11)20(17,18)15-8-13(14)16/h2-7,15H,8H2,1H3,(H2,14,16). The van der Waals surface area contributed by atoms with Crippen LogP contribution in [0.2, 0.25) is 0 Å². The van der Waals surface area contributed by atoms with Crippen molar-refractivity contribution in [1.82, 2.24) is 4.72 Å². The number of hydrogen-bond acceptors (Lipinski definition) is 4. The van der Waals surface area contributed by atoms with Crippen LogP contribution in [-0.2, 0) is 14.8 Å². The van der Waals surface area contributed by atoms with Crippen molar-refractivity contribution in [2.75, 3.05) is 13.7 Å². The molecule has 0 aliphatic carbocycles. The molecule has 0 aromatic heterocycles. The summed E-state index contributed by atoms with van der Waals surface area (Å²) < 4.78 is 31.2. The molecular formula is C13H14N2O4S. The van der Waals surface area contributed by atoms with Gasteiger partial charge in [-0.15, -0.1) is 0 Å². The molecule has 0 aliphatic heterocycles. The van der Waals surface area contributed by atoms with E-state index in [1.165, 1.54) is 19.2 Å². The summed E-state index contributed by atoms with van der Waals surface area (Å²) in [5, 5.41) is 1.62. The Labute approximate surface area is 116 Å². The highest BCUT2D eigenvalue weighted by Gasteiger charge is 2.15. The number of benzene rings is 2. The Bertz CT molecular complexity index is 756. The Morgan fingerprint density at radius 3 is 2.55 bits per heavy atom. The lowest BCUT2D eigenvalue weighted by atomic mass is 10.1. The van der Waals surface area contributed by atoms with Crippen molar-refractivity contribution < 1.29 is 17.9 Å². The molecule has 0 radical (unpaired) electrons. The first-order valence-electron chi connectivity index (χ1n) is 5.78. The highest BCUT2D eigenvalue weighted by Crippen LogP contribution is 2.23. The Balaban J connectivity index is 2.42. The third-order valence-corrected chi connectivity index (χ3v) is 4.16. The number of hydrogen-bond donors (Lipinski definition) is 2. The number of methoxy groups -OCH3 is 1. The normalized spacial score (nSPS) is 11.4. The van der Waals surface area contributed by atoms with E-state index in [2.05, 4.69) is 4.72 Å². The molecule has 0 fully saturated rings. The van der Waals surface area contributed by atoms with Gasteiger partial charge in [-0.3, -0.25) is 4.79 Å². The lowest BCUT2D eigenvalue weighted by Crippen LogP contribution is -2.33. The van der Waals surface area contributed by atoms with E-state index >= 15 is 0 Å². The summed E-state index contributed by atoms with van der Waals surface area (Å²) in [7, 11) is -2.22. The van der Waals surface area contributed by atoms with E-state index < -0.39 is 22.5 Å². The fraction of sp³-hybridized carbons (Fsp3) is 0.154. The van der Waals surface area contributed by atoms with Gasteiger partial charge in [0.1, 0.15) is 5.75 Å². The van der Waals surface area contributed by atoms with Crippen molar-refractivity contribution in [3.05, 3.63) is 36.4 Å². The van der Waals surface area contributed by atoms with Crippen molar-refractivity contribution in [3.63, 3.8) is 0 Å².